The molecule has 2 atom stereocenters. The predicted octanol–water partition coefficient (Wildman–Crippen LogP) is 3.98. The summed E-state index contributed by atoms with van der Waals surface area (Å²) >= 11 is 0. The van der Waals surface area contributed by atoms with E-state index in [9.17, 15) is 14.4 Å². The third-order valence-corrected chi connectivity index (χ3v) is 7.60. The fraction of sp³-hybridized carbons (Fsp3) is 0.464. The number of imide groups is 1. The van der Waals surface area contributed by atoms with E-state index in [1.165, 1.54) is 25.5 Å². The maximum Gasteiger partial charge on any atom is 0.268 e. The number of carbonyl (C=O) groups excluding carboxylic acids is 3. The summed E-state index contributed by atoms with van der Waals surface area (Å²) in [4.78, 5) is 45.7. The average Bonchev–Trinajstić information content (AvgIpc) is 3.17. The first kappa shape index (κ1) is 24.2. The van der Waals surface area contributed by atoms with Crippen LogP contribution in [-0.4, -0.2) is 63.0 Å². The number of ether oxygens (including phenoxy) is 2. The van der Waals surface area contributed by atoms with Crippen molar-refractivity contribution in [2.45, 2.75) is 32.6 Å². The van der Waals surface area contributed by atoms with Gasteiger partial charge in [0.1, 0.15) is 0 Å². The first-order valence-corrected chi connectivity index (χ1v) is 12.7. The number of anilines is 2. The van der Waals surface area contributed by atoms with Crippen LogP contribution in [-0.2, 0) is 4.79 Å². The Morgan fingerprint density at radius 2 is 1.69 bits per heavy atom. The van der Waals surface area contributed by atoms with E-state index in [0.29, 0.717) is 40.8 Å². The second kappa shape index (κ2) is 9.84. The van der Waals surface area contributed by atoms with Gasteiger partial charge in [0.05, 0.1) is 42.6 Å². The molecule has 36 heavy (non-hydrogen) atoms. The highest BCUT2D eigenvalue weighted by Gasteiger charge is 2.41. The molecular formula is C28H33N3O5. The lowest BCUT2D eigenvalue weighted by atomic mass is 9.93. The van der Waals surface area contributed by atoms with Crippen LogP contribution in [0.4, 0.5) is 11.4 Å². The zero-order valence-corrected chi connectivity index (χ0v) is 21.2. The molecule has 3 heterocycles. The topological polar surface area (TPSA) is 79.4 Å². The third-order valence-electron chi connectivity index (χ3n) is 7.60. The molecule has 0 N–H and O–H groups in total. The number of hydrogen-bond acceptors (Lipinski definition) is 6. The monoisotopic (exact) mass is 491 g/mol. The van der Waals surface area contributed by atoms with Gasteiger partial charge in [0.2, 0.25) is 5.91 Å². The van der Waals surface area contributed by atoms with Crippen LogP contribution in [0.5, 0.6) is 11.5 Å². The van der Waals surface area contributed by atoms with Crippen molar-refractivity contribution < 1.29 is 23.9 Å². The maximum atomic E-state index is 13.7. The molecule has 0 aromatic heterocycles. The van der Waals surface area contributed by atoms with E-state index in [4.69, 9.17) is 9.47 Å². The lowest BCUT2D eigenvalue weighted by Crippen LogP contribution is -2.48. The molecule has 0 radical (unpaired) electrons. The molecule has 0 saturated carbocycles. The minimum absolute atomic E-state index is 0.103. The lowest BCUT2D eigenvalue weighted by molar-refractivity contribution is -0.137. The Balaban J connectivity index is 1.41. The van der Waals surface area contributed by atoms with E-state index in [-0.39, 0.29) is 23.6 Å². The van der Waals surface area contributed by atoms with E-state index in [2.05, 4.69) is 11.8 Å². The Morgan fingerprint density at radius 1 is 0.917 bits per heavy atom. The van der Waals surface area contributed by atoms with Gasteiger partial charge in [-0.2, -0.15) is 0 Å². The fourth-order valence-electron chi connectivity index (χ4n) is 5.77. The summed E-state index contributed by atoms with van der Waals surface area (Å²) in [5.74, 6) is 0.877. The zero-order valence-electron chi connectivity index (χ0n) is 21.2. The molecule has 0 unspecified atom stereocenters. The first-order valence-electron chi connectivity index (χ1n) is 12.7. The van der Waals surface area contributed by atoms with Gasteiger partial charge in [-0.1, -0.05) is 13.0 Å². The van der Waals surface area contributed by atoms with Crippen LogP contribution in [0.25, 0.3) is 0 Å². The molecule has 3 amide bonds. The summed E-state index contributed by atoms with van der Waals surface area (Å²) in [6.07, 6.45) is 3.94. The number of amides is 3. The number of piperidine rings is 2. The van der Waals surface area contributed by atoms with Gasteiger partial charge in [-0.25, -0.2) is 4.90 Å². The first-order chi connectivity index (χ1) is 17.4. The largest absolute Gasteiger partial charge is 0.493 e. The molecule has 190 valence electrons. The number of hydrogen-bond donors (Lipinski definition) is 0. The van der Waals surface area contributed by atoms with Crippen LogP contribution in [0.3, 0.4) is 0 Å². The summed E-state index contributed by atoms with van der Waals surface area (Å²) in [6, 6.07) is 10.4. The molecule has 0 spiro atoms. The highest BCUT2D eigenvalue weighted by Crippen LogP contribution is 2.39. The van der Waals surface area contributed by atoms with Gasteiger partial charge in [0, 0.05) is 32.2 Å². The average molecular weight is 492 g/mol. The van der Waals surface area contributed by atoms with Crippen LogP contribution >= 0.6 is 0 Å². The van der Waals surface area contributed by atoms with Crippen LogP contribution in [0.2, 0.25) is 0 Å². The maximum absolute atomic E-state index is 13.7. The molecule has 3 aliphatic heterocycles. The van der Waals surface area contributed by atoms with Gasteiger partial charge in [-0.05, 0) is 55.9 Å². The van der Waals surface area contributed by atoms with Crippen LogP contribution in [0, 0.1) is 11.8 Å². The third kappa shape index (κ3) is 4.18. The van der Waals surface area contributed by atoms with Crippen molar-refractivity contribution in [2.24, 2.45) is 11.8 Å². The highest BCUT2D eigenvalue weighted by atomic mass is 16.5. The normalized spacial score (nSPS) is 22.0. The number of methoxy groups -OCH3 is 2. The minimum atomic E-state index is -0.365. The molecule has 0 bridgehead atoms. The second-order valence-electron chi connectivity index (χ2n) is 10.0. The Morgan fingerprint density at radius 3 is 2.44 bits per heavy atom. The summed E-state index contributed by atoms with van der Waals surface area (Å²) in [7, 11) is 3.05. The Kier molecular flexibility index (Phi) is 6.60. The van der Waals surface area contributed by atoms with E-state index in [0.717, 1.165) is 44.6 Å². The Labute approximate surface area is 211 Å². The lowest BCUT2D eigenvalue weighted by Gasteiger charge is -2.38. The number of benzene rings is 2. The van der Waals surface area contributed by atoms with E-state index in [1.807, 2.05) is 17.0 Å². The summed E-state index contributed by atoms with van der Waals surface area (Å²) < 4.78 is 10.7. The number of fused-ring (bicyclic) bond motifs is 1. The summed E-state index contributed by atoms with van der Waals surface area (Å²) in [5, 5.41) is 0. The number of rotatable bonds is 5. The zero-order chi connectivity index (χ0) is 25.4. The summed E-state index contributed by atoms with van der Waals surface area (Å²) in [6.45, 7) is 5.15. The standard InChI is InChI=1S/C28H33N3O5/c1-18-7-5-14-30(16-18)26(32)19-8-6-13-29(17-19)22-10-4-9-21-25(22)28(34)31(27(21)33)20-11-12-23(35-2)24(15-20)36-3/h4,9-12,15,18-19H,5-8,13-14,16-17H2,1-3H3/t18-,19-/m0/s1. The van der Waals surface area contributed by atoms with E-state index in [1.54, 1.807) is 24.3 Å². The molecular weight excluding hydrogens is 458 g/mol. The molecule has 8 heteroatoms. The van der Waals surface area contributed by atoms with Gasteiger partial charge >= 0.3 is 0 Å². The van der Waals surface area contributed by atoms with E-state index < -0.39 is 0 Å². The molecule has 2 aromatic rings. The molecule has 2 saturated heterocycles. The molecule has 2 aromatic carbocycles. The smallest absolute Gasteiger partial charge is 0.268 e. The van der Waals surface area contributed by atoms with Gasteiger partial charge < -0.3 is 19.3 Å². The molecule has 2 fully saturated rings. The highest BCUT2D eigenvalue weighted by molar-refractivity contribution is 6.36. The van der Waals surface area contributed by atoms with Crippen LogP contribution < -0.4 is 19.3 Å². The molecule has 5 rings (SSSR count). The van der Waals surface area contributed by atoms with Gasteiger partial charge in [-0.3, -0.25) is 14.4 Å². The van der Waals surface area contributed by atoms with Crippen molar-refractivity contribution in [3.8, 4) is 11.5 Å². The Hall–Kier alpha value is -3.55. The van der Waals surface area contributed by atoms with Crippen molar-refractivity contribution in [2.75, 3.05) is 50.2 Å². The fourth-order valence-corrected chi connectivity index (χ4v) is 5.77. The SMILES string of the molecule is COc1ccc(N2C(=O)c3cccc(N4CCC[C@H](C(=O)N5CCC[C@H](C)C5)C4)c3C2=O)cc1OC. The number of carbonyl (C=O) groups is 3. The van der Waals surface area contributed by atoms with Gasteiger partial charge in [-0.15, -0.1) is 0 Å². The molecule has 3 aliphatic rings. The minimum Gasteiger partial charge on any atom is -0.493 e. The molecule has 0 aliphatic carbocycles. The van der Waals surface area contributed by atoms with Crippen molar-refractivity contribution in [1.29, 1.82) is 0 Å². The number of nitrogens with zero attached hydrogens (tertiary/aromatic N) is 3. The predicted molar refractivity (Wildman–Crippen MR) is 137 cm³/mol. The number of likely N-dealkylation sites (tertiary alicyclic amines) is 1. The van der Waals surface area contributed by atoms with Gasteiger partial charge in [0.25, 0.3) is 11.8 Å². The van der Waals surface area contributed by atoms with Crippen molar-refractivity contribution in [3.63, 3.8) is 0 Å². The Bertz CT molecular complexity index is 1200. The van der Waals surface area contributed by atoms with Gasteiger partial charge in [0.15, 0.2) is 11.5 Å². The quantitative estimate of drug-likeness (QED) is 0.589. The van der Waals surface area contributed by atoms with Crippen molar-refractivity contribution >= 4 is 29.1 Å². The summed E-state index contributed by atoms with van der Waals surface area (Å²) in [5.41, 5.74) is 1.93. The molecule has 8 nitrogen and oxygen atoms in total. The van der Waals surface area contributed by atoms with Crippen molar-refractivity contribution in [3.05, 3.63) is 47.5 Å². The van der Waals surface area contributed by atoms with Crippen LogP contribution in [0.15, 0.2) is 36.4 Å². The second-order valence-corrected chi connectivity index (χ2v) is 10.0. The van der Waals surface area contributed by atoms with E-state index >= 15 is 0 Å². The van der Waals surface area contributed by atoms with Crippen molar-refractivity contribution in [1.82, 2.24) is 4.90 Å². The van der Waals surface area contributed by atoms with Crippen LogP contribution in [0.1, 0.15) is 53.3 Å².